The molecule has 0 saturated carbocycles. The number of anilines is 1. The van der Waals surface area contributed by atoms with Crippen molar-refractivity contribution in [1.29, 1.82) is 0 Å². The van der Waals surface area contributed by atoms with Crippen LogP contribution in [0.25, 0.3) is 0 Å². The number of hydrogen-bond donors (Lipinski definition) is 1. The fraction of sp³-hybridized carbons (Fsp3) is 0.300. The molecular weight excluding hydrogens is 206 g/mol. The predicted molar refractivity (Wildman–Crippen MR) is 60.4 cm³/mol. The zero-order valence-corrected chi connectivity index (χ0v) is 9.21. The summed E-state index contributed by atoms with van der Waals surface area (Å²) in [5.41, 5.74) is 1.54. The zero-order chi connectivity index (χ0) is 11.5. The van der Waals surface area contributed by atoms with Crippen molar-refractivity contribution in [3.05, 3.63) is 40.6 Å². The monoisotopic (exact) mass is 219 g/mol. The fourth-order valence-corrected chi connectivity index (χ4v) is 1.42. The molecule has 0 fully saturated rings. The largest absolute Gasteiger partial charge is 0.387 e. The molecule has 16 heavy (non-hydrogen) atoms. The summed E-state index contributed by atoms with van der Waals surface area (Å²) in [4.78, 5) is 11.6. The summed E-state index contributed by atoms with van der Waals surface area (Å²) < 4.78 is 3.10. The molecule has 0 amide bonds. The highest BCUT2D eigenvalue weighted by Crippen LogP contribution is 2.00. The van der Waals surface area contributed by atoms with Gasteiger partial charge in [-0.15, -0.1) is 0 Å². The molecule has 0 saturated heterocycles. The molecule has 0 aliphatic rings. The van der Waals surface area contributed by atoms with Crippen LogP contribution in [0.5, 0.6) is 0 Å². The van der Waals surface area contributed by atoms with E-state index in [0.717, 1.165) is 5.56 Å². The maximum absolute atomic E-state index is 11.6. The van der Waals surface area contributed by atoms with Crippen LogP contribution in [0, 0.1) is 0 Å². The number of aromatic nitrogens is 4. The van der Waals surface area contributed by atoms with Crippen LogP contribution in [0.4, 0.5) is 5.69 Å². The van der Waals surface area contributed by atoms with Gasteiger partial charge in [-0.1, -0.05) is 0 Å². The molecule has 2 aromatic rings. The van der Waals surface area contributed by atoms with Crippen LogP contribution >= 0.6 is 0 Å². The quantitative estimate of drug-likeness (QED) is 0.793. The van der Waals surface area contributed by atoms with Crippen molar-refractivity contribution in [2.45, 2.75) is 6.54 Å². The van der Waals surface area contributed by atoms with Gasteiger partial charge in [-0.25, -0.2) is 4.68 Å². The Morgan fingerprint density at radius 3 is 2.75 bits per heavy atom. The minimum absolute atomic E-state index is 0.129. The number of rotatable bonds is 3. The summed E-state index contributed by atoms with van der Waals surface area (Å²) in [6.45, 7) is 0.441. The van der Waals surface area contributed by atoms with Crippen molar-refractivity contribution in [1.82, 2.24) is 19.6 Å². The van der Waals surface area contributed by atoms with Gasteiger partial charge < -0.3 is 5.32 Å². The lowest BCUT2D eigenvalue weighted by molar-refractivity contribution is 0.639. The molecule has 0 bridgehead atoms. The van der Waals surface area contributed by atoms with E-state index in [-0.39, 0.29) is 5.56 Å². The molecule has 6 heteroatoms. The van der Waals surface area contributed by atoms with Gasteiger partial charge in [-0.05, 0) is 0 Å². The van der Waals surface area contributed by atoms with Crippen molar-refractivity contribution < 1.29 is 0 Å². The summed E-state index contributed by atoms with van der Waals surface area (Å²) in [5.74, 6) is 0. The molecule has 0 spiro atoms. The summed E-state index contributed by atoms with van der Waals surface area (Å²) in [5, 5.41) is 11.0. The molecule has 2 rings (SSSR count). The standard InChI is InChI=1S/C10H13N5O/c1-11-9-3-10(16)15(13-5-9)7-8-4-12-14(2)6-8/h3-6,11H,7H2,1-2H3. The van der Waals surface area contributed by atoms with Gasteiger partial charge in [0, 0.05) is 31.9 Å². The van der Waals surface area contributed by atoms with Gasteiger partial charge in [0.2, 0.25) is 0 Å². The molecule has 0 unspecified atom stereocenters. The first-order chi connectivity index (χ1) is 7.69. The van der Waals surface area contributed by atoms with Crippen LogP contribution in [-0.2, 0) is 13.6 Å². The van der Waals surface area contributed by atoms with E-state index in [4.69, 9.17) is 0 Å². The van der Waals surface area contributed by atoms with E-state index in [1.165, 1.54) is 10.7 Å². The van der Waals surface area contributed by atoms with Crippen LogP contribution in [0.1, 0.15) is 5.56 Å². The highest BCUT2D eigenvalue weighted by atomic mass is 16.1. The van der Waals surface area contributed by atoms with E-state index < -0.39 is 0 Å². The van der Waals surface area contributed by atoms with Gasteiger partial charge in [-0.2, -0.15) is 10.2 Å². The van der Waals surface area contributed by atoms with E-state index in [1.807, 2.05) is 13.2 Å². The van der Waals surface area contributed by atoms with Crippen molar-refractivity contribution >= 4 is 5.69 Å². The molecule has 1 N–H and O–H groups in total. The molecule has 2 aromatic heterocycles. The Bertz CT molecular complexity index is 542. The first kappa shape index (κ1) is 10.4. The lowest BCUT2D eigenvalue weighted by atomic mass is 10.3. The normalized spacial score (nSPS) is 10.4. The number of nitrogens with one attached hydrogen (secondary N) is 1. The third kappa shape index (κ3) is 2.10. The lowest BCUT2D eigenvalue weighted by Crippen LogP contribution is -2.22. The van der Waals surface area contributed by atoms with E-state index in [9.17, 15) is 4.79 Å². The topological polar surface area (TPSA) is 64.7 Å². The highest BCUT2D eigenvalue weighted by molar-refractivity contribution is 5.37. The van der Waals surface area contributed by atoms with Crippen molar-refractivity contribution in [2.75, 3.05) is 12.4 Å². The smallest absolute Gasteiger partial charge is 0.269 e. The van der Waals surface area contributed by atoms with Crippen molar-refractivity contribution in [3.8, 4) is 0 Å². The summed E-state index contributed by atoms with van der Waals surface area (Å²) in [6.07, 6.45) is 5.21. The van der Waals surface area contributed by atoms with Crippen molar-refractivity contribution in [2.24, 2.45) is 7.05 Å². The molecule has 0 aliphatic carbocycles. The van der Waals surface area contributed by atoms with Gasteiger partial charge >= 0.3 is 0 Å². The molecule has 0 aliphatic heterocycles. The Balaban J connectivity index is 2.25. The Labute approximate surface area is 92.5 Å². The third-order valence-corrected chi connectivity index (χ3v) is 2.25. The van der Waals surface area contributed by atoms with E-state index in [0.29, 0.717) is 12.2 Å². The van der Waals surface area contributed by atoms with E-state index in [1.54, 1.807) is 24.1 Å². The third-order valence-electron chi connectivity index (χ3n) is 2.25. The Kier molecular flexibility index (Phi) is 2.72. The average molecular weight is 219 g/mol. The minimum Gasteiger partial charge on any atom is -0.387 e. The van der Waals surface area contributed by atoms with Gasteiger partial charge in [0.15, 0.2) is 0 Å². The van der Waals surface area contributed by atoms with Crippen LogP contribution < -0.4 is 10.9 Å². The second-order valence-electron chi connectivity index (χ2n) is 3.51. The first-order valence-corrected chi connectivity index (χ1v) is 4.91. The first-order valence-electron chi connectivity index (χ1n) is 4.91. The predicted octanol–water partition coefficient (Wildman–Crippen LogP) is 0.0668. The Morgan fingerprint density at radius 1 is 1.38 bits per heavy atom. The van der Waals surface area contributed by atoms with Gasteiger partial charge in [0.05, 0.1) is 24.6 Å². The van der Waals surface area contributed by atoms with Crippen LogP contribution in [0.3, 0.4) is 0 Å². The number of aryl methyl sites for hydroxylation is 1. The van der Waals surface area contributed by atoms with Crippen LogP contribution in [-0.4, -0.2) is 26.6 Å². The number of hydrogen-bond acceptors (Lipinski definition) is 4. The van der Waals surface area contributed by atoms with E-state index in [2.05, 4.69) is 15.5 Å². The molecular formula is C10H13N5O. The second kappa shape index (κ2) is 4.18. The summed E-state index contributed by atoms with van der Waals surface area (Å²) in [6, 6.07) is 1.52. The molecule has 0 radical (unpaired) electrons. The van der Waals surface area contributed by atoms with Crippen molar-refractivity contribution in [3.63, 3.8) is 0 Å². The minimum atomic E-state index is -0.129. The maximum Gasteiger partial charge on any atom is 0.269 e. The average Bonchev–Trinajstić information content (AvgIpc) is 2.67. The highest BCUT2D eigenvalue weighted by Gasteiger charge is 2.02. The summed E-state index contributed by atoms with van der Waals surface area (Å²) >= 11 is 0. The van der Waals surface area contributed by atoms with Gasteiger partial charge in [0.25, 0.3) is 5.56 Å². The zero-order valence-electron chi connectivity index (χ0n) is 9.21. The molecule has 84 valence electrons. The maximum atomic E-state index is 11.6. The molecule has 6 nitrogen and oxygen atoms in total. The molecule has 0 aromatic carbocycles. The lowest BCUT2D eigenvalue weighted by Gasteiger charge is -2.03. The summed E-state index contributed by atoms with van der Waals surface area (Å²) in [7, 11) is 3.59. The Morgan fingerprint density at radius 2 is 2.19 bits per heavy atom. The van der Waals surface area contributed by atoms with Crippen LogP contribution in [0.15, 0.2) is 29.5 Å². The molecule has 2 heterocycles. The number of nitrogens with zero attached hydrogens (tertiary/aromatic N) is 4. The van der Waals surface area contributed by atoms with E-state index >= 15 is 0 Å². The fourth-order valence-electron chi connectivity index (χ4n) is 1.42. The van der Waals surface area contributed by atoms with Gasteiger partial charge in [0.1, 0.15) is 0 Å². The van der Waals surface area contributed by atoms with Gasteiger partial charge in [-0.3, -0.25) is 9.48 Å². The Hall–Kier alpha value is -2.11. The molecule has 0 atom stereocenters. The SMILES string of the molecule is CNc1cnn(Cc2cnn(C)c2)c(=O)c1. The second-order valence-corrected chi connectivity index (χ2v) is 3.51. The van der Waals surface area contributed by atoms with Crippen LogP contribution in [0.2, 0.25) is 0 Å².